The maximum absolute atomic E-state index is 13.6. The molecule has 94 valence electrons. The summed E-state index contributed by atoms with van der Waals surface area (Å²) < 4.78 is 13.6. The molecule has 0 saturated heterocycles. The molecule has 0 aliphatic rings. The molecule has 0 aliphatic heterocycles. The minimum Gasteiger partial charge on any atom is -0.394 e. The van der Waals surface area contributed by atoms with Crippen molar-refractivity contribution in [2.75, 3.05) is 19.4 Å². The van der Waals surface area contributed by atoms with Crippen molar-refractivity contribution in [1.82, 2.24) is 9.88 Å². The number of aliphatic hydroxyl groups excluding tert-OH is 1. The van der Waals surface area contributed by atoms with Gasteiger partial charge in [-0.05, 0) is 19.9 Å². The van der Waals surface area contributed by atoms with Crippen LogP contribution in [0.5, 0.6) is 0 Å². The summed E-state index contributed by atoms with van der Waals surface area (Å²) in [5, 5.41) is 9.16. The van der Waals surface area contributed by atoms with Gasteiger partial charge in [-0.3, -0.25) is 4.79 Å². The molecule has 0 saturated carbocycles. The van der Waals surface area contributed by atoms with Gasteiger partial charge in [-0.15, -0.1) is 0 Å². The van der Waals surface area contributed by atoms with Crippen LogP contribution < -0.4 is 5.73 Å². The molecule has 3 N–H and O–H groups in total. The van der Waals surface area contributed by atoms with E-state index in [1.165, 1.54) is 24.2 Å². The summed E-state index contributed by atoms with van der Waals surface area (Å²) in [7, 11) is 1.49. The predicted molar refractivity (Wildman–Crippen MR) is 61.9 cm³/mol. The normalized spacial score (nSPS) is 11.4. The molecule has 6 heteroatoms. The first-order valence-corrected chi connectivity index (χ1v) is 5.10. The van der Waals surface area contributed by atoms with Crippen molar-refractivity contribution in [3.63, 3.8) is 0 Å². The van der Waals surface area contributed by atoms with Crippen molar-refractivity contribution in [3.05, 3.63) is 23.6 Å². The van der Waals surface area contributed by atoms with Gasteiger partial charge in [0.05, 0.1) is 17.7 Å². The Labute approximate surface area is 99.1 Å². The van der Waals surface area contributed by atoms with E-state index >= 15 is 0 Å². The quantitative estimate of drug-likeness (QED) is 0.814. The number of likely N-dealkylation sites (N-methyl/N-ethyl adjacent to an activating group) is 1. The molecule has 1 heterocycles. The maximum Gasteiger partial charge on any atom is 0.257 e. The highest BCUT2D eigenvalue weighted by molar-refractivity contribution is 5.95. The lowest BCUT2D eigenvalue weighted by atomic mass is 10.0. The fourth-order valence-corrected chi connectivity index (χ4v) is 1.19. The van der Waals surface area contributed by atoms with E-state index in [0.29, 0.717) is 0 Å². The number of anilines is 1. The molecule has 0 fully saturated rings. The Morgan fingerprint density at radius 3 is 2.76 bits per heavy atom. The van der Waals surface area contributed by atoms with E-state index in [2.05, 4.69) is 4.98 Å². The monoisotopic (exact) mass is 241 g/mol. The van der Waals surface area contributed by atoms with Gasteiger partial charge in [0.1, 0.15) is 0 Å². The summed E-state index contributed by atoms with van der Waals surface area (Å²) in [6.07, 6.45) is 1.27. The van der Waals surface area contributed by atoms with Gasteiger partial charge in [-0.2, -0.15) is 0 Å². The first kappa shape index (κ1) is 13.4. The molecule has 0 radical (unpaired) electrons. The Kier molecular flexibility index (Phi) is 3.67. The fourth-order valence-electron chi connectivity index (χ4n) is 1.19. The molecular formula is C11H16FN3O2. The first-order valence-electron chi connectivity index (χ1n) is 5.10. The third-order valence-electron chi connectivity index (χ3n) is 2.75. The summed E-state index contributed by atoms with van der Waals surface area (Å²) in [4.78, 5) is 16.8. The van der Waals surface area contributed by atoms with Crippen LogP contribution in [0.4, 0.5) is 10.2 Å². The Morgan fingerprint density at radius 1 is 1.65 bits per heavy atom. The fraction of sp³-hybridized carbons (Fsp3) is 0.455. The lowest BCUT2D eigenvalue weighted by molar-refractivity contribution is 0.0469. The molecule has 1 rings (SSSR count). The highest BCUT2D eigenvalue weighted by Gasteiger charge is 2.29. The minimum atomic E-state index is -0.835. The van der Waals surface area contributed by atoms with Crippen molar-refractivity contribution in [2.45, 2.75) is 19.4 Å². The van der Waals surface area contributed by atoms with E-state index in [1.54, 1.807) is 13.8 Å². The highest BCUT2D eigenvalue weighted by Crippen LogP contribution is 2.18. The number of carbonyl (C=O) groups is 1. The number of aromatic nitrogens is 1. The van der Waals surface area contributed by atoms with Gasteiger partial charge in [0, 0.05) is 13.2 Å². The van der Waals surface area contributed by atoms with Crippen molar-refractivity contribution >= 4 is 11.7 Å². The van der Waals surface area contributed by atoms with Crippen LogP contribution in [0, 0.1) is 5.82 Å². The second kappa shape index (κ2) is 4.67. The maximum atomic E-state index is 13.6. The first-order chi connectivity index (χ1) is 7.81. The minimum absolute atomic E-state index is 0.151. The third kappa shape index (κ3) is 2.52. The van der Waals surface area contributed by atoms with E-state index < -0.39 is 17.3 Å². The van der Waals surface area contributed by atoms with Crippen LogP contribution in [-0.2, 0) is 0 Å². The van der Waals surface area contributed by atoms with Crippen molar-refractivity contribution in [2.24, 2.45) is 0 Å². The molecule has 17 heavy (non-hydrogen) atoms. The van der Waals surface area contributed by atoms with E-state index in [0.717, 1.165) is 0 Å². The number of aliphatic hydroxyl groups is 1. The van der Waals surface area contributed by atoms with E-state index in [4.69, 9.17) is 10.8 Å². The van der Waals surface area contributed by atoms with Gasteiger partial charge >= 0.3 is 0 Å². The van der Waals surface area contributed by atoms with Crippen LogP contribution in [0.25, 0.3) is 0 Å². The lowest BCUT2D eigenvalue weighted by Crippen LogP contribution is -2.47. The van der Waals surface area contributed by atoms with E-state index in [1.807, 2.05) is 0 Å². The Balaban J connectivity index is 3.09. The molecule has 0 atom stereocenters. The topological polar surface area (TPSA) is 79.5 Å². The zero-order valence-electron chi connectivity index (χ0n) is 10.1. The molecule has 5 nitrogen and oxygen atoms in total. The summed E-state index contributed by atoms with van der Waals surface area (Å²) in [5.74, 6) is -1.69. The number of rotatable bonds is 3. The molecule has 1 amide bonds. The molecule has 0 bridgehead atoms. The smallest absolute Gasteiger partial charge is 0.257 e. The predicted octanol–water partition coefficient (Wildman–Crippen LogP) is 0.646. The summed E-state index contributed by atoms with van der Waals surface area (Å²) in [5.41, 5.74) is 4.37. The molecule has 0 aliphatic carbocycles. The van der Waals surface area contributed by atoms with Crippen molar-refractivity contribution in [1.29, 1.82) is 0 Å². The van der Waals surface area contributed by atoms with Crippen LogP contribution in [0.1, 0.15) is 24.2 Å². The number of hydrogen-bond acceptors (Lipinski definition) is 4. The molecule has 0 unspecified atom stereocenters. The van der Waals surface area contributed by atoms with Crippen LogP contribution in [-0.4, -0.2) is 40.1 Å². The molecule has 1 aromatic heterocycles. The molecule has 0 aromatic carbocycles. The number of amides is 1. The standard InChI is InChI=1S/C11H16FN3O2/c1-11(2,6-16)15(3)10(17)7-4-5-14-9(13)8(7)12/h4-5,16H,6H2,1-3H3,(H2,13,14). The van der Waals surface area contributed by atoms with Gasteiger partial charge in [0.2, 0.25) is 0 Å². The Bertz CT molecular complexity index is 435. The van der Waals surface area contributed by atoms with Crippen LogP contribution in [0.15, 0.2) is 12.3 Å². The molecular weight excluding hydrogens is 225 g/mol. The van der Waals surface area contributed by atoms with Gasteiger partial charge in [0.25, 0.3) is 5.91 Å². The van der Waals surface area contributed by atoms with Gasteiger partial charge in [-0.1, -0.05) is 0 Å². The number of nitrogens with zero attached hydrogens (tertiary/aromatic N) is 2. The van der Waals surface area contributed by atoms with E-state index in [-0.39, 0.29) is 18.0 Å². The van der Waals surface area contributed by atoms with E-state index in [9.17, 15) is 9.18 Å². The highest BCUT2D eigenvalue weighted by atomic mass is 19.1. The van der Waals surface area contributed by atoms with Crippen LogP contribution in [0.2, 0.25) is 0 Å². The third-order valence-corrected chi connectivity index (χ3v) is 2.75. The zero-order chi connectivity index (χ0) is 13.2. The lowest BCUT2D eigenvalue weighted by Gasteiger charge is -2.34. The molecule has 0 spiro atoms. The largest absolute Gasteiger partial charge is 0.394 e. The number of halogens is 1. The Hall–Kier alpha value is -1.69. The second-order valence-corrected chi connectivity index (χ2v) is 4.39. The second-order valence-electron chi connectivity index (χ2n) is 4.39. The van der Waals surface area contributed by atoms with Gasteiger partial charge in [-0.25, -0.2) is 9.37 Å². The molecule has 1 aromatic rings. The number of carbonyl (C=O) groups excluding carboxylic acids is 1. The van der Waals surface area contributed by atoms with Gasteiger partial charge < -0.3 is 15.7 Å². The number of pyridine rings is 1. The van der Waals surface area contributed by atoms with Gasteiger partial charge in [0.15, 0.2) is 11.6 Å². The summed E-state index contributed by atoms with van der Waals surface area (Å²) in [6.45, 7) is 3.12. The van der Waals surface area contributed by atoms with Crippen molar-refractivity contribution < 1.29 is 14.3 Å². The van der Waals surface area contributed by atoms with Crippen LogP contribution >= 0.6 is 0 Å². The SMILES string of the molecule is CN(C(=O)c1ccnc(N)c1F)C(C)(C)CO. The number of nitrogens with two attached hydrogens (primary N) is 1. The summed E-state index contributed by atoms with van der Waals surface area (Å²) in [6, 6.07) is 1.26. The number of hydrogen-bond donors (Lipinski definition) is 2. The summed E-state index contributed by atoms with van der Waals surface area (Å²) >= 11 is 0. The average Bonchev–Trinajstić information content (AvgIpc) is 2.30. The Morgan fingerprint density at radius 2 is 2.24 bits per heavy atom. The van der Waals surface area contributed by atoms with Crippen LogP contribution in [0.3, 0.4) is 0 Å². The zero-order valence-corrected chi connectivity index (χ0v) is 10.1. The number of nitrogen functional groups attached to an aromatic ring is 1. The average molecular weight is 241 g/mol. The van der Waals surface area contributed by atoms with Crippen molar-refractivity contribution in [3.8, 4) is 0 Å².